The summed E-state index contributed by atoms with van der Waals surface area (Å²) in [4.78, 5) is 142. The molecule has 9 heterocycles. The summed E-state index contributed by atoms with van der Waals surface area (Å²) in [6, 6.07) is 9.16. The predicted molar refractivity (Wildman–Crippen MR) is 332 cm³/mol. The Balaban J connectivity index is 0.902. The van der Waals surface area contributed by atoms with Crippen LogP contribution in [0.15, 0.2) is 64.0 Å². The standard InChI is InChI=1S/C58H59N13O11S6/c1-26(2)31(52-70-46(41(88-52)21-81-6)50(78)61-19-27(3)72)17-40(73)44-28(4)87-55(69-44)33(18-42(74)60-5)63-48(76)36-23-83-51(66-36)30-14-15-32(53-68-38(25-85-53)58(80)82-20-34-57(79)71-16-10-13-39(71)49(77)64-34)62-45(30)35-22-84-54(65-35)37-24-86-56(67-37)43(59)47(75)29-11-8-7-9-12-29/h7-9,11-12,14-15,22-26,31,33-34,39,43,47,75H,10,13,16-21,59H2,1-6H3,(H,60,74)(H,61,78)(H,63,76)(H,64,77)/t31-,33+,34?,39?,43+,47+/m1/s1. The monoisotopic (exact) mass is 1310 g/mol. The Labute approximate surface area is 527 Å². The molecule has 30 heteroatoms. The molecule has 0 radical (unpaired) electrons. The van der Waals surface area contributed by atoms with E-state index in [1.165, 1.54) is 76.7 Å². The van der Waals surface area contributed by atoms with Crippen LogP contribution in [0.2, 0.25) is 0 Å². The summed E-state index contributed by atoms with van der Waals surface area (Å²) < 4.78 is 10.9. The summed E-state index contributed by atoms with van der Waals surface area (Å²) in [5.74, 6) is -4.01. The van der Waals surface area contributed by atoms with Crippen LogP contribution >= 0.6 is 68.0 Å². The number of aromatic nitrogens is 7. The van der Waals surface area contributed by atoms with Crippen molar-refractivity contribution in [2.24, 2.45) is 11.7 Å². The lowest BCUT2D eigenvalue weighted by Gasteiger charge is -2.34. The fourth-order valence-electron chi connectivity index (χ4n) is 9.82. The van der Waals surface area contributed by atoms with Gasteiger partial charge in [0.2, 0.25) is 17.7 Å². The topological polar surface area (TPSA) is 343 Å². The lowest BCUT2D eigenvalue weighted by atomic mass is 9.90. The molecule has 24 nitrogen and oxygen atoms in total. The number of ketones is 2. The highest BCUT2D eigenvalue weighted by Crippen LogP contribution is 2.40. The first-order valence-corrected chi connectivity index (χ1v) is 32.8. The first-order chi connectivity index (χ1) is 42.3. The molecule has 88 heavy (non-hydrogen) atoms. The van der Waals surface area contributed by atoms with Crippen LogP contribution in [0.3, 0.4) is 0 Å². The van der Waals surface area contributed by atoms with Crippen LogP contribution in [0.4, 0.5) is 0 Å². The van der Waals surface area contributed by atoms with Crippen molar-refractivity contribution in [2.45, 2.75) is 96.2 Å². The number of nitrogens with two attached hydrogens (primary N) is 1. The molecule has 7 N–H and O–H groups in total. The number of rotatable bonds is 25. The van der Waals surface area contributed by atoms with Crippen LogP contribution in [0.25, 0.3) is 43.4 Å². The molecule has 1 aromatic carbocycles. The molecule has 2 aliphatic heterocycles. The number of Topliss-reactive ketones (excluding diaryl/α,β-unsaturated/α-hetero) is 2. The number of hydrogen-bond donors (Lipinski definition) is 6. The number of amides is 5. The predicted octanol–water partition coefficient (Wildman–Crippen LogP) is 7.26. The van der Waals surface area contributed by atoms with Gasteiger partial charge in [0.25, 0.3) is 11.8 Å². The SMILES string of the molecule is CNC(=O)C[C@H](NC(=O)c1csc(-c2ccc(-c3nc(C(=O)OCC4NC(=O)C5CCCN5C4=O)cs3)nc2-c2csc(-c3csc([C@@H](N)[C@@H](O)c4ccccc4)n3)n2)n1)c1nc(C(=O)C[C@@H](c2nc(C(=O)NCC(C)=O)c(COC)s2)C(C)C)c(C)s1. The number of aliphatic hydroxyl groups is 1. The third kappa shape index (κ3) is 14.0. The molecule has 0 spiro atoms. The molecule has 2 fully saturated rings. The van der Waals surface area contributed by atoms with Crippen molar-refractivity contribution in [3.05, 3.63) is 117 Å². The first-order valence-electron chi connectivity index (χ1n) is 27.7. The van der Waals surface area contributed by atoms with Gasteiger partial charge in [-0.25, -0.2) is 39.7 Å². The van der Waals surface area contributed by atoms with Crippen molar-refractivity contribution in [1.82, 2.24) is 61.1 Å². The van der Waals surface area contributed by atoms with Crippen LogP contribution in [0, 0.1) is 12.8 Å². The Hall–Kier alpha value is -7.81. The lowest BCUT2D eigenvalue weighted by molar-refractivity contribution is -0.148. The largest absolute Gasteiger partial charge is 0.458 e. The minimum absolute atomic E-state index is 0.00716. The Bertz CT molecular complexity index is 3950. The van der Waals surface area contributed by atoms with E-state index < -0.39 is 59.9 Å². The van der Waals surface area contributed by atoms with Crippen molar-refractivity contribution < 1.29 is 52.9 Å². The Kier molecular flexibility index (Phi) is 19.9. The molecule has 2 saturated heterocycles. The third-order valence-corrected chi connectivity index (χ3v) is 20.3. The second kappa shape index (κ2) is 27.7. The smallest absolute Gasteiger partial charge is 0.357 e. The number of aryl methyl sites for hydroxylation is 1. The maximum absolute atomic E-state index is 14.4. The number of piperazine rings is 1. The van der Waals surface area contributed by atoms with Crippen molar-refractivity contribution in [3.63, 3.8) is 0 Å². The van der Waals surface area contributed by atoms with Crippen molar-refractivity contribution in [1.29, 1.82) is 0 Å². The lowest BCUT2D eigenvalue weighted by Crippen LogP contribution is -2.62. The quantitative estimate of drug-likeness (QED) is 0.0242. The Morgan fingerprint density at radius 1 is 0.795 bits per heavy atom. The highest BCUT2D eigenvalue weighted by molar-refractivity contribution is 7.15. The van der Waals surface area contributed by atoms with E-state index in [0.717, 1.165) is 22.7 Å². The Morgan fingerprint density at radius 2 is 1.51 bits per heavy atom. The van der Waals surface area contributed by atoms with Gasteiger partial charge in [0.15, 0.2) is 11.5 Å². The number of esters is 1. The first kappa shape index (κ1) is 63.2. The average molecular weight is 1310 g/mol. The summed E-state index contributed by atoms with van der Waals surface area (Å²) in [6.45, 7) is 7.00. The number of ether oxygens (including phenoxy) is 2. The summed E-state index contributed by atoms with van der Waals surface area (Å²) in [6.07, 6.45) is 0.0403. The second-order valence-electron chi connectivity index (χ2n) is 21.0. The second-order valence-corrected chi connectivity index (χ2v) is 26.8. The summed E-state index contributed by atoms with van der Waals surface area (Å²) in [7, 11) is 2.96. The summed E-state index contributed by atoms with van der Waals surface area (Å²) >= 11 is 7.28. The van der Waals surface area contributed by atoms with Crippen LogP contribution in [0.5, 0.6) is 0 Å². The van der Waals surface area contributed by atoms with E-state index in [1.807, 2.05) is 32.0 Å². The van der Waals surface area contributed by atoms with Crippen LogP contribution < -0.4 is 27.0 Å². The number of nitrogens with one attached hydrogen (secondary N) is 4. The van der Waals surface area contributed by atoms with Gasteiger partial charge in [0.05, 0.1) is 47.2 Å². The number of nitrogens with zero attached hydrogens (tertiary/aromatic N) is 8. The number of thiazole rings is 6. The van der Waals surface area contributed by atoms with Crippen molar-refractivity contribution in [3.8, 4) is 43.4 Å². The molecule has 10 rings (SSSR count). The number of carbonyl (C=O) groups is 8. The number of pyridine rings is 1. The highest BCUT2D eigenvalue weighted by atomic mass is 32.1. The van der Waals surface area contributed by atoms with Crippen LogP contribution in [-0.4, -0.2) is 138 Å². The molecule has 0 saturated carbocycles. The van der Waals surface area contributed by atoms with Gasteiger partial charge in [0, 0.05) is 65.0 Å². The highest BCUT2D eigenvalue weighted by Gasteiger charge is 2.43. The van der Waals surface area contributed by atoms with Gasteiger partial charge in [-0.15, -0.1) is 68.0 Å². The molecule has 2 unspecified atom stereocenters. The summed E-state index contributed by atoms with van der Waals surface area (Å²) in [5, 5.41) is 31.1. The number of aliphatic hydroxyl groups excluding tert-OH is 1. The fourth-order valence-corrected chi connectivity index (χ4v) is 15.4. The number of benzene rings is 1. The minimum Gasteiger partial charge on any atom is -0.458 e. The molecule has 0 aliphatic carbocycles. The third-order valence-electron chi connectivity index (χ3n) is 14.5. The van der Waals surface area contributed by atoms with Crippen molar-refractivity contribution >= 4 is 115 Å². The molecule has 6 atom stereocenters. The van der Waals surface area contributed by atoms with Crippen molar-refractivity contribution in [2.75, 3.05) is 33.9 Å². The summed E-state index contributed by atoms with van der Waals surface area (Å²) in [5.41, 5.74) is 9.53. The van der Waals surface area contributed by atoms with Crippen LogP contribution in [0.1, 0.15) is 143 Å². The van der Waals surface area contributed by atoms with Gasteiger partial charge < -0.3 is 46.5 Å². The molecular formula is C58H59N13O11S6. The number of fused-ring (bicyclic) bond motifs is 1. The zero-order chi connectivity index (χ0) is 62.5. The van der Waals surface area contributed by atoms with E-state index in [2.05, 4.69) is 31.2 Å². The zero-order valence-electron chi connectivity index (χ0n) is 48.2. The maximum atomic E-state index is 14.4. The molecule has 0 bridgehead atoms. The van der Waals surface area contributed by atoms with Gasteiger partial charge in [-0.05, 0) is 50.3 Å². The van der Waals surface area contributed by atoms with Gasteiger partial charge in [-0.2, -0.15) is 0 Å². The molecular weight excluding hydrogens is 1250 g/mol. The molecule has 8 aromatic rings. The van der Waals surface area contributed by atoms with E-state index in [0.29, 0.717) is 93.1 Å². The van der Waals surface area contributed by atoms with E-state index in [9.17, 15) is 43.5 Å². The van der Waals surface area contributed by atoms with Gasteiger partial charge >= 0.3 is 5.97 Å². The number of carbonyl (C=O) groups excluding carboxylic acids is 8. The number of hydrogen-bond acceptors (Lipinski definition) is 25. The molecule has 7 aromatic heterocycles. The molecule has 2 aliphatic rings. The molecule has 458 valence electrons. The van der Waals surface area contributed by atoms with Crippen LogP contribution in [-0.2, 0) is 35.3 Å². The minimum atomic E-state index is -1.02. The average Bonchev–Trinajstić information content (AvgIpc) is 3.29. The Morgan fingerprint density at radius 3 is 2.26 bits per heavy atom. The number of methoxy groups -OCH3 is 1. The van der Waals surface area contributed by atoms with E-state index in [4.69, 9.17) is 40.1 Å². The van der Waals surface area contributed by atoms with Gasteiger partial charge in [0.1, 0.15) is 89.8 Å². The van der Waals surface area contributed by atoms with E-state index >= 15 is 0 Å². The normalized spacial score (nSPS) is 16.2. The van der Waals surface area contributed by atoms with E-state index in [-0.39, 0.29) is 84.7 Å². The van der Waals surface area contributed by atoms with Gasteiger partial charge in [-0.3, -0.25) is 33.6 Å². The van der Waals surface area contributed by atoms with E-state index in [1.54, 1.807) is 47.3 Å². The van der Waals surface area contributed by atoms with Gasteiger partial charge in [-0.1, -0.05) is 44.2 Å². The zero-order valence-corrected chi connectivity index (χ0v) is 53.1. The molecule has 5 amide bonds. The fraction of sp³-hybridized carbons (Fsp3) is 0.362. The maximum Gasteiger partial charge on any atom is 0.357 e.